The van der Waals surface area contributed by atoms with Crippen LogP contribution in [0.15, 0.2) is 180 Å². The summed E-state index contributed by atoms with van der Waals surface area (Å²) in [4.78, 5) is 147. The number of piperidine rings is 5. The zero-order chi connectivity index (χ0) is 106. The van der Waals surface area contributed by atoms with E-state index in [0.29, 0.717) is 156 Å². The number of aliphatic hydroxyl groups is 3. The van der Waals surface area contributed by atoms with Crippen molar-refractivity contribution in [3.8, 4) is 0 Å². The van der Waals surface area contributed by atoms with E-state index in [1.54, 1.807) is 128 Å². The van der Waals surface area contributed by atoms with Gasteiger partial charge in [-0.3, -0.25) is 58.1 Å². The van der Waals surface area contributed by atoms with E-state index in [2.05, 4.69) is 20.4 Å². The number of hydrogen-bond acceptors (Lipinski definition) is 33. The molecule has 10 rings (SSSR count). The number of aliphatic carboxylic acids is 7. The summed E-state index contributed by atoms with van der Waals surface area (Å²) in [6.07, 6.45) is 7.17. The summed E-state index contributed by atoms with van der Waals surface area (Å²) in [5, 5.41) is 96.2. The second kappa shape index (κ2) is 68.4. The smallest absolute Gasteiger partial charge is 0.328 e. The first kappa shape index (κ1) is 124. The zero-order valence-corrected chi connectivity index (χ0v) is 87.5. The zero-order valence-electron chi connectivity index (χ0n) is 79.4. The molecular formula is C97H125F5N10O22S10. The van der Waals surface area contributed by atoms with Gasteiger partial charge in [-0.15, -0.1) is 0 Å². The molecule has 0 aromatic heterocycles. The minimum Gasteiger partial charge on any atom is -0.481 e. The van der Waals surface area contributed by atoms with Crippen molar-refractivity contribution in [2.24, 2.45) is 17.2 Å². The molecule has 18 N–H and O–H groups in total. The SMILES string of the molecule is CC(=O)C(N)CCC(=O)NC(CSSC1CCN(Cc2ccccc2F)C/C1=C/C(=O)O)C(=O)CCC(=O)O.CC(=O)N[C@@H](CSSC1CCN(Cc2ccccc2F)C/C1=C/C(=O)O)C(O)O.NC(CSSC1CCN(Cc2ccccc2F)C/C1=C/C(=O)O)C(=O)CCC(=O)O.NCCSSC1CCN(Cc2ccccc2F)C/C1=C/C(=O)O.O=C(O)/C=C1/CN(Cc2ccccc2F)CCC1SSCCO. The molecular weight excluding hydrogens is 2070 g/mol. The predicted octanol–water partition coefficient (Wildman–Crippen LogP) is 12.1. The number of aliphatic hydroxyl groups excluding tert-OH is 2. The van der Waals surface area contributed by atoms with Gasteiger partial charge in [-0.2, -0.15) is 0 Å². The number of amides is 2. The average Bonchev–Trinajstić information content (AvgIpc) is 0.853. The Bertz CT molecular complexity index is 5100. The molecule has 144 heavy (non-hydrogen) atoms. The number of nitrogens with two attached hydrogens (primary N) is 3. The summed E-state index contributed by atoms with van der Waals surface area (Å²) < 4.78 is 69.5. The lowest BCUT2D eigenvalue weighted by Gasteiger charge is -2.34. The lowest BCUT2D eigenvalue weighted by atomic mass is 10.0. The first-order valence-electron chi connectivity index (χ1n) is 45.8. The molecule has 47 heteroatoms. The Kier molecular flexibility index (Phi) is 59.1. The van der Waals surface area contributed by atoms with Gasteiger partial charge >= 0.3 is 41.8 Å². The number of carbonyl (C=O) groups excluding carboxylic acids is 5. The Balaban J connectivity index is 0.000000279. The van der Waals surface area contributed by atoms with Gasteiger partial charge in [0.1, 0.15) is 34.9 Å². The summed E-state index contributed by atoms with van der Waals surface area (Å²) in [7, 11) is 14.8. The van der Waals surface area contributed by atoms with Gasteiger partial charge in [0.25, 0.3) is 0 Å². The van der Waals surface area contributed by atoms with Gasteiger partial charge in [0.15, 0.2) is 17.9 Å². The molecule has 0 aliphatic carbocycles. The van der Waals surface area contributed by atoms with Crippen molar-refractivity contribution < 1.29 is 131 Å². The van der Waals surface area contributed by atoms with E-state index >= 15 is 0 Å². The number of ketones is 3. The lowest BCUT2D eigenvalue weighted by molar-refractivity contribution is -0.139. The highest BCUT2D eigenvalue weighted by molar-refractivity contribution is 8.78. The van der Waals surface area contributed by atoms with Crippen molar-refractivity contribution in [3.05, 3.63) is 236 Å². The van der Waals surface area contributed by atoms with Crippen LogP contribution in [-0.4, -0.2) is 311 Å². The summed E-state index contributed by atoms with van der Waals surface area (Å²) >= 11 is 0. The molecule has 790 valence electrons. The number of halogens is 5. The highest BCUT2D eigenvalue weighted by Gasteiger charge is 2.34. The number of nitrogens with one attached hydrogen (secondary N) is 2. The summed E-state index contributed by atoms with van der Waals surface area (Å²) in [6.45, 7) is 11.3. The molecule has 0 saturated carbocycles. The number of carbonyl (C=O) groups is 12. The second-order valence-corrected chi connectivity index (χ2v) is 46.8. The van der Waals surface area contributed by atoms with Crippen LogP contribution >= 0.6 is 108 Å². The number of benzene rings is 5. The average molecular weight is 2200 g/mol. The molecule has 0 radical (unpaired) electrons. The summed E-state index contributed by atoms with van der Waals surface area (Å²) in [5.74, 6) is -8.17. The lowest BCUT2D eigenvalue weighted by Crippen LogP contribution is -2.44. The summed E-state index contributed by atoms with van der Waals surface area (Å²) in [6, 6.07) is 29.6. The van der Waals surface area contributed by atoms with Crippen LogP contribution in [0.3, 0.4) is 0 Å². The van der Waals surface area contributed by atoms with Crippen LogP contribution < -0.4 is 27.8 Å². The largest absolute Gasteiger partial charge is 0.481 e. The van der Waals surface area contributed by atoms with Gasteiger partial charge < -0.3 is 78.9 Å². The van der Waals surface area contributed by atoms with E-state index in [0.717, 1.165) is 60.1 Å². The minimum absolute atomic E-state index is 0.0516. The van der Waals surface area contributed by atoms with Crippen molar-refractivity contribution in [2.75, 3.05) is 107 Å². The van der Waals surface area contributed by atoms with E-state index < -0.39 is 83.9 Å². The van der Waals surface area contributed by atoms with Crippen molar-refractivity contribution in [2.45, 2.75) is 174 Å². The van der Waals surface area contributed by atoms with Crippen LogP contribution in [0, 0.1) is 29.1 Å². The molecule has 5 aromatic rings. The Morgan fingerprint density at radius 2 is 0.667 bits per heavy atom. The molecule has 5 aliphatic heterocycles. The highest BCUT2D eigenvalue weighted by atomic mass is 33.1. The number of nitrogens with zero attached hydrogens (tertiary/aromatic N) is 5. The molecule has 5 fully saturated rings. The van der Waals surface area contributed by atoms with Gasteiger partial charge in [0.2, 0.25) is 11.8 Å². The molecule has 5 aliphatic rings. The molecule has 5 heterocycles. The van der Waals surface area contributed by atoms with E-state index in [4.69, 9.17) is 42.7 Å². The third-order valence-electron chi connectivity index (χ3n) is 22.2. The fourth-order valence-electron chi connectivity index (χ4n) is 14.9. The summed E-state index contributed by atoms with van der Waals surface area (Å²) in [5.41, 5.74) is 23.8. The molecule has 32 nitrogen and oxygen atoms in total. The third-order valence-corrected chi connectivity index (χ3v) is 36.7. The maximum atomic E-state index is 14.1. The predicted molar refractivity (Wildman–Crippen MR) is 563 cm³/mol. The first-order chi connectivity index (χ1) is 68.7. The van der Waals surface area contributed by atoms with Crippen molar-refractivity contribution in [1.82, 2.24) is 35.1 Å². The maximum Gasteiger partial charge on any atom is 0.328 e. The van der Waals surface area contributed by atoms with Gasteiger partial charge in [0.05, 0.1) is 43.6 Å². The monoisotopic (exact) mass is 2200 g/mol. The van der Waals surface area contributed by atoms with Crippen LogP contribution in [0.1, 0.15) is 112 Å². The van der Waals surface area contributed by atoms with Gasteiger partial charge in [0, 0.05) is 244 Å². The van der Waals surface area contributed by atoms with Crippen LogP contribution in [0.4, 0.5) is 22.0 Å². The molecule has 8 unspecified atom stereocenters. The second-order valence-electron chi connectivity index (χ2n) is 33.6. The highest BCUT2D eigenvalue weighted by Crippen LogP contribution is 2.42. The maximum absolute atomic E-state index is 14.1. The molecule has 0 spiro atoms. The fourth-order valence-corrected chi connectivity index (χ4v) is 28.7. The molecule has 9 atom stereocenters. The van der Waals surface area contributed by atoms with Gasteiger partial charge in [-0.25, -0.2) is 45.9 Å². The third kappa shape index (κ3) is 49.3. The fraction of sp³-hybridized carbons (Fsp3) is 0.464. The molecule has 2 amide bonds. The topological polar surface area (TPSA) is 525 Å². The van der Waals surface area contributed by atoms with Crippen LogP contribution in [0.5, 0.6) is 0 Å². The number of carboxylic acid groups (broad SMARTS) is 7. The van der Waals surface area contributed by atoms with Crippen LogP contribution in [0.2, 0.25) is 0 Å². The Labute approximate surface area is 873 Å². The van der Waals surface area contributed by atoms with Gasteiger partial charge in [-0.05, 0) is 104 Å². The Morgan fingerprint density at radius 1 is 0.382 bits per heavy atom. The number of Topliss-reactive ketones (excluding diaryl/α,β-unsaturated/α-hetero) is 3. The quantitative estimate of drug-likeness (QED) is 0.00565. The molecule has 5 aromatic carbocycles. The standard InChI is InChI=1S/C26H34FN3O7S2.C20H25FN2O5S2.C19H25FN2O5S2.C16H21FN2O2S2.C16H20FNO3S2/c1-16(31)20(28)6-8-24(33)29-21(22(32)7-9-25(34)35)15-38-39-23-10-11-30(14-18(23)12-26(36)37)13-17-4-2-3-5-19(17)27;21-15-4-2-1-3-13(15)10-23-8-7-18(14(11-23)9-20(27)28)30-29-12-16(22)17(24)5-6-19(25)26;1-12(23)21-16(19(26)27)11-28-29-17-6-7-22(10-14(17)8-18(24)25)9-13-4-2-3-5-15(13)20;17-14-4-2-1-3-12(14)10-19-7-5-15(23-22-8-6-18)13(11-19)9-16(20)21;17-14-4-2-1-3-12(14)10-18-6-5-15(23-22-8-7-19)13(11-18)9-16(20)21/h2-5,12,20-21,23H,6-11,13-15,28H2,1H3,(H,29,33)(H,34,35)(H,36,37);1-4,9,16,18H,5-8,10-12,22H2,(H,25,26)(H,27,28);2-5,8,16-17,19,26-27H,6-7,9-11H2,1H3,(H,21,23)(H,24,25);1-4,9,15H,5-8,10-11,18H2,(H,20,21);1-4,9,15,19H,5-8,10-11H2,(H,20,21)/b18-12-;14-9-;14-8-;2*13-9-/t;;16-,17?;;/m..0../s1. The number of hydrogen-bond donors (Lipinski definition) is 15. The van der Waals surface area contributed by atoms with E-state index in [-0.39, 0.29) is 129 Å². The number of carboxylic acids is 7. The Morgan fingerprint density at radius 3 is 0.938 bits per heavy atom. The van der Waals surface area contributed by atoms with Crippen LogP contribution in [0.25, 0.3) is 0 Å². The van der Waals surface area contributed by atoms with Crippen molar-refractivity contribution >= 4 is 179 Å². The molecule has 0 bridgehead atoms. The van der Waals surface area contributed by atoms with Crippen LogP contribution in [-0.2, 0) is 90.3 Å². The normalized spacial score (nSPS) is 19.7. The van der Waals surface area contributed by atoms with Crippen molar-refractivity contribution in [3.63, 3.8) is 0 Å². The van der Waals surface area contributed by atoms with E-state index in [9.17, 15) is 105 Å². The molecule has 5 saturated heterocycles. The number of likely N-dealkylation sites (tertiary alicyclic amines) is 5. The first-order valence-corrected chi connectivity index (χ1v) is 57.7. The minimum atomic E-state index is -1.68. The van der Waals surface area contributed by atoms with E-state index in [1.807, 2.05) is 20.8 Å². The van der Waals surface area contributed by atoms with Gasteiger partial charge in [-0.1, -0.05) is 199 Å². The Hall–Kier alpha value is -8.25. The number of rotatable bonds is 50. The van der Waals surface area contributed by atoms with E-state index in [1.165, 1.54) is 133 Å². The van der Waals surface area contributed by atoms with Crippen molar-refractivity contribution in [1.29, 1.82) is 0 Å².